The van der Waals surface area contributed by atoms with E-state index in [2.05, 4.69) is 5.32 Å². The van der Waals surface area contributed by atoms with Crippen molar-refractivity contribution in [3.63, 3.8) is 0 Å². The van der Waals surface area contributed by atoms with E-state index in [9.17, 15) is 9.59 Å². The van der Waals surface area contributed by atoms with E-state index in [1.54, 1.807) is 0 Å². The molecule has 0 spiro atoms. The van der Waals surface area contributed by atoms with Gasteiger partial charge in [0.25, 0.3) is 0 Å². The average Bonchev–Trinajstić information content (AvgIpc) is 2.95. The molecule has 0 atom stereocenters. The Kier molecular flexibility index (Phi) is 4.82. The normalized spacial score (nSPS) is 13.2. The van der Waals surface area contributed by atoms with Crippen LogP contribution in [-0.2, 0) is 22.4 Å². The molecule has 104 valence electrons. The van der Waals surface area contributed by atoms with Gasteiger partial charge in [-0.1, -0.05) is 0 Å². The van der Waals surface area contributed by atoms with Crippen LogP contribution < -0.4 is 5.32 Å². The summed E-state index contributed by atoms with van der Waals surface area (Å²) < 4.78 is 4.82. The molecule has 1 aliphatic rings. The quantitative estimate of drug-likeness (QED) is 0.672. The molecule has 1 aliphatic carbocycles. The number of amides is 1. The first-order valence-corrected chi connectivity index (χ1v) is 7.61. The van der Waals surface area contributed by atoms with Gasteiger partial charge in [0.15, 0.2) is 0 Å². The molecule has 4 nitrogen and oxygen atoms in total. The number of alkyl halides is 1. The maximum Gasteiger partial charge on any atom is 0.341 e. The van der Waals surface area contributed by atoms with E-state index < -0.39 is 0 Å². The Balaban J connectivity index is 2.20. The fourth-order valence-electron chi connectivity index (χ4n) is 2.23. The number of aryl methyl sites for hydroxylation is 1. The molecule has 0 radical (unpaired) electrons. The van der Waals surface area contributed by atoms with Crippen LogP contribution in [0.3, 0.4) is 0 Å². The molecule has 19 heavy (non-hydrogen) atoms. The number of hydrogen-bond donors (Lipinski definition) is 1. The van der Waals surface area contributed by atoms with Gasteiger partial charge >= 0.3 is 5.97 Å². The molecule has 1 N–H and O–H groups in total. The summed E-state index contributed by atoms with van der Waals surface area (Å²) in [5.41, 5.74) is 1.59. The number of esters is 1. The van der Waals surface area contributed by atoms with Crippen LogP contribution in [0.5, 0.6) is 0 Å². The number of methoxy groups -OCH3 is 1. The third-order valence-electron chi connectivity index (χ3n) is 3.10. The number of nitrogens with one attached hydrogen (secondary N) is 1. The molecule has 0 saturated heterocycles. The predicted octanol–water partition coefficient (Wildman–Crippen LogP) is 2.98. The molecule has 2 rings (SSSR count). The Labute approximate surface area is 121 Å². The van der Waals surface area contributed by atoms with Crippen LogP contribution in [0.2, 0.25) is 0 Å². The molecule has 0 bridgehead atoms. The summed E-state index contributed by atoms with van der Waals surface area (Å²) in [5.74, 6) is -0.0177. The van der Waals surface area contributed by atoms with Crippen LogP contribution in [0.15, 0.2) is 0 Å². The highest BCUT2D eigenvalue weighted by Gasteiger charge is 2.27. The molecule has 1 heterocycles. The van der Waals surface area contributed by atoms with Crippen molar-refractivity contribution in [1.29, 1.82) is 0 Å². The Morgan fingerprint density at radius 1 is 1.42 bits per heavy atom. The SMILES string of the molecule is COC(=O)c1c(NC(=O)CCCCl)sc2c1CCC2. The Bertz CT molecular complexity index is 498. The van der Waals surface area contributed by atoms with Crippen molar-refractivity contribution in [2.75, 3.05) is 18.3 Å². The number of rotatable bonds is 5. The van der Waals surface area contributed by atoms with Crippen LogP contribution in [-0.4, -0.2) is 24.9 Å². The maximum absolute atomic E-state index is 11.9. The van der Waals surface area contributed by atoms with Gasteiger partial charge in [-0.3, -0.25) is 4.79 Å². The second kappa shape index (κ2) is 6.39. The van der Waals surface area contributed by atoms with Crippen LogP contribution in [0, 0.1) is 0 Å². The van der Waals surface area contributed by atoms with Gasteiger partial charge in [0, 0.05) is 17.2 Å². The van der Waals surface area contributed by atoms with E-state index in [0.717, 1.165) is 24.8 Å². The molecule has 0 fully saturated rings. The standard InChI is InChI=1S/C13H16ClNO3S/c1-18-13(17)11-8-4-2-5-9(8)19-12(11)15-10(16)6-3-7-14/h2-7H2,1H3,(H,15,16). The first kappa shape index (κ1) is 14.3. The number of carbonyl (C=O) groups excluding carboxylic acids is 2. The lowest BCUT2D eigenvalue weighted by atomic mass is 10.1. The Morgan fingerprint density at radius 3 is 2.89 bits per heavy atom. The number of halogens is 1. The van der Waals surface area contributed by atoms with E-state index in [4.69, 9.17) is 16.3 Å². The first-order valence-electron chi connectivity index (χ1n) is 6.26. The van der Waals surface area contributed by atoms with Crippen LogP contribution in [0.4, 0.5) is 5.00 Å². The molecule has 1 aromatic heterocycles. The van der Waals surface area contributed by atoms with Gasteiger partial charge in [-0.15, -0.1) is 22.9 Å². The zero-order chi connectivity index (χ0) is 13.8. The molecule has 0 aliphatic heterocycles. The van der Waals surface area contributed by atoms with Crippen molar-refractivity contribution in [2.45, 2.75) is 32.1 Å². The predicted molar refractivity (Wildman–Crippen MR) is 76.3 cm³/mol. The lowest BCUT2D eigenvalue weighted by molar-refractivity contribution is -0.116. The second-order valence-electron chi connectivity index (χ2n) is 4.39. The maximum atomic E-state index is 11.9. The number of ether oxygens (including phenoxy) is 1. The van der Waals surface area contributed by atoms with E-state index in [1.165, 1.54) is 23.3 Å². The molecule has 0 aromatic carbocycles. The van der Waals surface area contributed by atoms with Gasteiger partial charge < -0.3 is 10.1 Å². The van der Waals surface area contributed by atoms with Crippen molar-refractivity contribution in [2.24, 2.45) is 0 Å². The third kappa shape index (κ3) is 3.09. The van der Waals surface area contributed by atoms with Gasteiger partial charge in [0.1, 0.15) is 5.00 Å². The summed E-state index contributed by atoms with van der Waals surface area (Å²) in [5, 5.41) is 3.43. The van der Waals surface area contributed by atoms with Crippen molar-refractivity contribution >= 4 is 39.8 Å². The zero-order valence-electron chi connectivity index (χ0n) is 10.8. The zero-order valence-corrected chi connectivity index (χ0v) is 12.3. The van der Waals surface area contributed by atoms with Crippen LogP contribution in [0.25, 0.3) is 0 Å². The summed E-state index contributed by atoms with van der Waals surface area (Å²) in [6, 6.07) is 0. The lowest BCUT2D eigenvalue weighted by Crippen LogP contribution is -2.14. The van der Waals surface area contributed by atoms with Crippen molar-refractivity contribution in [1.82, 2.24) is 0 Å². The van der Waals surface area contributed by atoms with Gasteiger partial charge in [0.2, 0.25) is 5.91 Å². The summed E-state index contributed by atoms with van der Waals surface area (Å²) >= 11 is 7.05. The van der Waals surface area contributed by atoms with Gasteiger partial charge in [0.05, 0.1) is 12.7 Å². The third-order valence-corrected chi connectivity index (χ3v) is 4.58. The number of fused-ring (bicyclic) bond motifs is 1. The van der Waals surface area contributed by atoms with Crippen molar-refractivity contribution < 1.29 is 14.3 Å². The molecule has 0 saturated carbocycles. The van der Waals surface area contributed by atoms with Gasteiger partial charge in [-0.2, -0.15) is 0 Å². The Hall–Kier alpha value is -1.07. The van der Waals surface area contributed by atoms with Gasteiger partial charge in [-0.25, -0.2) is 4.79 Å². The number of thiophene rings is 1. The van der Waals surface area contributed by atoms with E-state index in [-0.39, 0.29) is 11.9 Å². The number of hydrogen-bond acceptors (Lipinski definition) is 4. The largest absolute Gasteiger partial charge is 0.465 e. The molecule has 6 heteroatoms. The molecule has 0 unspecified atom stereocenters. The number of carbonyl (C=O) groups is 2. The van der Waals surface area contributed by atoms with Crippen molar-refractivity contribution in [3.05, 3.63) is 16.0 Å². The molecular formula is C13H16ClNO3S. The topological polar surface area (TPSA) is 55.4 Å². The van der Waals surface area contributed by atoms with E-state index >= 15 is 0 Å². The summed E-state index contributed by atoms with van der Waals surface area (Å²) in [6.07, 6.45) is 3.92. The van der Waals surface area contributed by atoms with E-state index in [0.29, 0.717) is 29.3 Å². The monoisotopic (exact) mass is 301 g/mol. The summed E-state index contributed by atoms with van der Waals surface area (Å²) in [6.45, 7) is 0. The lowest BCUT2D eigenvalue weighted by Gasteiger charge is -2.06. The highest BCUT2D eigenvalue weighted by atomic mass is 35.5. The summed E-state index contributed by atoms with van der Waals surface area (Å²) in [7, 11) is 1.36. The number of anilines is 1. The molecular weight excluding hydrogens is 286 g/mol. The fourth-order valence-corrected chi connectivity index (χ4v) is 3.65. The second-order valence-corrected chi connectivity index (χ2v) is 5.88. The highest BCUT2D eigenvalue weighted by Crippen LogP contribution is 2.39. The smallest absolute Gasteiger partial charge is 0.341 e. The minimum atomic E-state index is -0.368. The summed E-state index contributed by atoms with van der Waals surface area (Å²) in [4.78, 5) is 24.8. The van der Waals surface area contributed by atoms with Gasteiger partial charge in [-0.05, 0) is 31.2 Å². The molecule has 1 amide bonds. The minimum Gasteiger partial charge on any atom is -0.465 e. The highest BCUT2D eigenvalue weighted by molar-refractivity contribution is 7.17. The van der Waals surface area contributed by atoms with Crippen molar-refractivity contribution in [3.8, 4) is 0 Å². The first-order chi connectivity index (χ1) is 9.17. The Morgan fingerprint density at radius 2 is 2.21 bits per heavy atom. The average molecular weight is 302 g/mol. The van der Waals surface area contributed by atoms with Crippen LogP contribution in [0.1, 0.15) is 40.1 Å². The minimum absolute atomic E-state index is 0.106. The molecule has 1 aromatic rings. The van der Waals surface area contributed by atoms with E-state index in [1.807, 2.05) is 0 Å². The van der Waals surface area contributed by atoms with Crippen LogP contribution >= 0.6 is 22.9 Å². The fraction of sp³-hybridized carbons (Fsp3) is 0.538.